The summed E-state index contributed by atoms with van der Waals surface area (Å²) in [4.78, 5) is 15.5. The highest BCUT2D eigenvalue weighted by molar-refractivity contribution is 6.13. The summed E-state index contributed by atoms with van der Waals surface area (Å²) in [6.07, 6.45) is 0. The van der Waals surface area contributed by atoms with Crippen molar-refractivity contribution in [3.05, 3.63) is 169 Å². The van der Waals surface area contributed by atoms with Gasteiger partial charge in [-0.05, 0) is 69.4 Å². The van der Waals surface area contributed by atoms with Gasteiger partial charge in [0.15, 0.2) is 17.5 Å². The van der Waals surface area contributed by atoms with E-state index in [0.717, 1.165) is 27.8 Å². The van der Waals surface area contributed by atoms with E-state index in [9.17, 15) is 0 Å². The number of para-hydroxylation sites is 2. The van der Waals surface area contributed by atoms with Gasteiger partial charge >= 0.3 is 0 Å². The minimum absolute atomic E-state index is 0.119. The second-order valence-electron chi connectivity index (χ2n) is 13.7. The first-order valence-electron chi connectivity index (χ1n) is 17.1. The molecule has 7 aromatic carbocycles. The first kappa shape index (κ1) is 28.6. The minimum atomic E-state index is -0.119. The summed E-state index contributed by atoms with van der Waals surface area (Å²) in [7, 11) is 0. The van der Waals surface area contributed by atoms with E-state index < -0.39 is 0 Å². The molecule has 0 amide bonds. The van der Waals surface area contributed by atoms with Gasteiger partial charge in [-0.3, -0.25) is 0 Å². The molecule has 0 unspecified atom stereocenters. The fourth-order valence-corrected chi connectivity index (χ4v) is 7.99. The van der Waals surface area contributed by atoms with Gasteiger partial charge in [0.25, 0.3) is 0 Å². The number of benzene rings is 7. The Labute approximate surface area is 290 Å². The molecule has 0 saturated carbocycles. The first-order chi connectivity index (χ1) is 24.5. The molecule has 0 saturated heterocycles. The number of aromatic nitrogens is 4. The van der Waals surface area contributed by atoms with Gasteiger partial charge in [0.2, 0.25) is 0 Å². The Morgan fingerprint density at radius 2 is 1.10 bits per heavy atom. The molecule has 1 aliphatic rings. The van der Waals surface area contributed by atoms with Gasteiger partial charge in [-0.25, -0.2) is 15.0 Å². The molecule has 9 aromatic rings. The molecule has 0 bridgehead atoms. The molecule has 0 atom stereocenters. The van der Waals surface area contributed by atoms with E-state index >= 15 is 0 Å². The number of nitrogens with zero attached hydrogens (tertiary/aromatic N) is 4. The van der Waals surface area contributed by atoms with Crippen LogP contribution in [0.15, 0.2) is 158 Å². The Balaban J connectivity index is 1.20. The molecule has 4 nitrogen and oxygen atoms in total. The molecule has 10 rings (SSSR count). The van der Waals surface area contributed by atoms with Crippen LogP contribution in [0.4, 0.5) is 0 Å². The average Bonchev–Trinajstić information content (AvgIpc) is 3.62. The van der Waals surface area contributed by atoms with Crippen molar-refractivity contribution in [2.24, 2.45) is 0 Å². The van der Waals surface area contributed by atoms with Crippen molar-refractivity contribution in [1.29, 1.82) is 0 Å². The number of rotatable bonds is 4. The zero-order chi connectivity index (χ0) is 33.4. The standard InChI is InChI=1S/C46H32N4/c1-46(2)38-21-11-9-19-35(38)42-36(20-13-22-39(42)46)45-48-43(29-14-5-3-6-15-29)47-44(49-45)31-25-24-30-27-37-34-18-10-12-23-40(34)50(33-16-7-4-8-17-33)41(37)28-32(30)26-31/h3-28H,1-2H3. The van der Waals surface area contributed by atoms with Crippen molar-refractivity contribution in [2.45, 2.75) is 19.3 Å². The number of fused-ring (bicyclic) bond motifs is 7. The normalized spacial score (nSPS) is 13.2. The Morgan fingerprint density at radius 1 is 0.440 bits per heavy atom. The lowest BCUT2D eigenvalue weighted by molar-refractivity contribution is 0.660. The summed E-state index contributed by atoms with van der Waals surface area (Å²) >= 11 is 0. The smallest absolute Gasteiger partial charge is 0.164 e. The monoisotopic (exact) mass is 640 g/mol. The minimum Gasteiger partial charge on any atom is -0.309 e. The van der Waals surface area contributed by atoms with Crippen LogP contribution >= 0.6 is 0 Å². The molecule has 2 heterocycles. The Kier molecular flexibility index (Phi) is 6.19. The number of hydrogen-bond donors (Lipinski definition) is 0. The second-order valence-corrected chi connectivity index (χ2v) is 13.7. The van der Waals surface area contributed by atoms with E-state index in [-0.39, 0.29) is 5.41 Å². The summed E-state index contributed by atoms with van der Waals surface area (Å²) in [6, 6.07) is 55.9. The van der Waals surface area contributed by atoms with Crippen LogP contribution in [-0.4, -0.2) is 19.5 Å². The maximum absolute atomic E-state index is 5.24. The Bertz CT molecular complexity index is 2780. The maximum atomic E-state index is 5.24. The van der Waals surface area contributed by atoms with Gasteiger partial charge in [-0.15, -0.1) is 0 Å². The van der Waals surface area contributed by atoms with Crippen LogP contribution < -0.4 is 0 Å². The van der Waals surface area contributed by atoms with Crippen LogP contribution in [0.3, 0.4) is 0 Å². The summed E-state index contributed by atoms with van der Waals surface area (Å²) in [5.41, 5.74) is 11.4. The van der Waals surface area contributed by atoms with Crippen LogP contribution in [0.1, 0.15) is 25.0 Å². The van der Waals surface area contributed by atoms with E-state index in [1.165, 1.54) is 49.4 Å². The summed E-state index contributed by atoms with van der Waals surface area (Å²) in [6.45, 7) is 4.61. The lowest BCUT2D eigenvalue weighted by Crippen LogP contribution is -2.14. The topological polar surface area (TPSA) is 43.6 Å². The highest BCUT2D eigenvalue weighted by Gasteiger charge is 2.37. The molecule has 236 valence electrons. The highest BCUT2D eigenvalue weighted by atomic mass is 15.0. The van der Waals surface area contributed by atoms with Crippen LogP contribution in [0.2, 0.25) is 0 Å². The molecule has 4 heteroatoms. The molecule has 50 heavy (non-hydrogen) atoms. The predicted molar refractivity (Wildman–Crippen MR) is 206 cm³/mol. The Morgan fingerprint density at radius 3 is 1.94 bits per heavy atom. The van der Waals surface area contributed by atoms with Crippen molar-refractivity contribution in [2.75, 3.05) is 0 Å². The predicted octanol–water partition coefficient (Wildman–Crippen LogP) is 11.4. The van der Waals surface area contributed by atoms with Gasteiger partial charge < -0.3 is 4.57 Å². The third kappa shape index (κ3) is 4.28. The molecule has 0 fully saturated rings. The Hall–Kier alpha value is -6.39. The lowest BCUT2D eigenvalue weighted by Gasteiger charge is -2.21. The fourth-order valence-electron chi connectivity index (χ4n) is 7.99. The quantitative estimate of drug-likeness (QED) is 0.192. The van der Waals surface area contributed by atoms with Gasteiger partial charge in [-0.2, -0.15) is 0 Å². The van der Waals surface area contributed by atoms with Crippen LogP contribution in [0.5, 0.6) is 0 Å². The third-order valence-electron chi connectivity index (χ3n) is 10.4. The van der Waals surface area contributed by atoms with Gasteiger partial charge in [0.1, 0.15) is 0 Å². The maximum Gasteiger partial charge on any atom is 0.164 e. The van der Waals surface area contributed by atoms with Crippen LogP contribution in [0, 0.1) is 0 Å². The van der Waals surface area contributed by atoms with E-state index in [4.69, 9.17) is 15.0 Å². The van der Waals surface area contributed by atoms with Crippen molar-refractivity contribution in [3.8, 4) is 51.0 Å². The fraction of sp³-hybridized carbons (Fsp3) is 0.0652. The van der Waals surface area contributed by atoms with E-state index in [1.807, 2.05) is 18.2 Å². The van der Waals surface area contributed by atoms with Crippen LogP contribution in [0.25, 0.3) is 83.6 Å². The van der Waals surface area contributed by atoms with E-state index in [0.29, 0.717) is 17.5 Å². The average molecular weight is 641 g/mol. The summed E-state index contributed by atoms with van der Waals surface area (Å²) < 4.78 is 2.36. The first-order valence-corrected chi connectivity index (χ1v) is 17.1. The van der Waals surface area contributed by atoms with Gasteiger partial charge in [-0.1, -0.05) is 135 Å². The van der Waals surface area contributed by atoms with Gasteiger partial charge in [0, 0.05) is 38.6 Å². The summed E-state index contributed by atoms with van der Waals surface area (Å²) in [5, 5.41) is 4.79. The van der Waals surface area contributed by atoms with Crippen molar-refractivity contribution >= 4 is 32.6 Å². The van der Waals surface area contributed by atoms with Crippen molar-refractivity contribution < 1.29 is 0 Å². The molecule has 1 aliphatic carbocycles. The van der Waals surface area contributed by atoms with Crippen molar-refractivity contribution in [3.63, 3.8) is 0 Å². The van der Waals surface area contributed by atoms with Crippen LogP contribution in [-0.2, 0) is 5.41 Å². The SMILES string of the molecule is CC1(C)c2ccccc2-c2c(-c3nc(-c4ccccc4)nc(-c4ccc5cc6c7ccccc7n(-c7ccccc7)c6cc5c4)n3)cccc21. The van der Waals surface area contributed by atoms with Crippen molar-refractivity contribution in [1.82, 2.24) is 19.5 Å². The third-order valence-corrected chi connectivity index (χ3v) is 10.4. The molecule has 0 N–H and O–H groups in total. The second kappa shape index (κ2) is 10.8. The zero-order valence-electron chi connectivity index (χ0n) is 27.8. The highest BCUT2D eigenvalue weighted by Crippen LogP contribution is 2.51. The molecule has 0 spiro atoms. The lowest BCUT2D eigenvalue weighted by atomic mass is 9.82. The number of hydrogen-bond acceptors (Lipinski definition) is 3. The van der Waals surface area contributed by atoms with E-state index in [1.54, 1.807) is 0 Å². The molecular weight excluding hydrogens is 609 g/mol. The van der Waals surface area contributed by atoms with Gasteiger partial charge in [0.05, 0.1) is 11.0 Å². The van der Waals surface area contributed by atoms with E-state index in [2.05, 4.69) is 158 Å². The molecule has 0 radical (unpaired) electrons. The largest absolute Gasteiger partial charge is 0.309 e. The molecule has 2 aromatic heterocycles. The molecule has 0 aliphatic heterocycles. The molecular formula is C46H32N4. The summed E-state index contributed by atoms with van der Waals surface area (Å²) in [5.74, 6) is 1.99. The zero-order valence-corrected chi connectivity index (χ0v) is 27.8.